The van der Waals surface area contributed by atoms with E-state index >= 15 is 0 Å². The first-order valence-electron chi connectivity index (χ1n) is 6.86. The SMILES string of the molecule is CC(Oc1cccc(F)c1)C(=O)N1CCC(C(C)O)C1. The molecule has 0 aromatic heterocycles. The Morgan fingerprint density at radius 3 is 2.85 bits per heavy atom. The predicted octanol–water partition coefficient (Wildman–Crippen LogP) is 1.82. The molecule has 0 spiro atoms. The van der Waals surface area contributed by atoms with Crippen molar-refractivity contribution in [3.8, 4) is 5.75 Å². The molecule has 0 radical (unpaired) electrons. The molecule has 1 aliphatic heterocycles. The number of ether oxygens (including phenoxy) is 1. The summed E-state index contributed by atoms with van der Waals surface area (Å²) in [6.45, 7) is 4.58. The third kappa shape index (κ3) is 3.48. The fraction of sp³-hybridized carbons (Fsp3) is 0.533. The maximum atomic E-state index is 13.1. The molecule has 4 nitrogen and oxygen atoms in total. The number of amides is 1. The Kier molecular flexibility index (Phi) is 4.60. The molecular weight excluding hydrogens is 261 g/mol. The van der Waals surface area contributed by atoms with Gasteiger partial charge in [0.15, 0.2) is 6.10 Å². The maximum Gasteiger partial charge on any atom is 0.263 e. The summed E-state index contributed by atoms with van der Waals surface area (Å²) in [4.78, 5) is 13.9. The molecule has 1 aliphatic rings. The number of halogens is 1. The van der Waals surface area contributed by atoms with Crippen LogP contribution in [-0.2, 0) is 4.79 Å². The van der Waals surface area contributed by atoms with Crippen LogP contribution < -0.4 is 4.74 Å². The average Bonchev–Trinajstić information content (AvgIpc) is 2.87. The predicted molar refractivity (Wildman–Crippen MR) is 72.9 cm³/mol. The van der Waals surface area contributed by atoms with E-state index < -0.39 is 18.0 Å². The van der Waals surface area contributed by atoms with Crippen LogP contribution in [0.3, 0.4) is 0 Å². The summed E-state index contributed by atoms with van der Waals surface area (Å²) >= 11 is 0. The second kappa shape index (κ2) is 6.22. The lowest BCUT2D eigenvalue weighted by molar-refractivity contribution is -0.137. The lowest BCUT2D eigenvalue weighted by Gasteiger charge is -2.22. The Balaban J connectivity index is 1.93. The van der Waals surface area contributed by atoms with Crippen molar-refractivity contribution < 1.29 is 19.0 Å². The normalized spacial score (nSPS) is 21.6. The number of carbonyl (C=O) groups excluding carboxylic acids is 1. The molecular formula is C15H20FNO3. The van der Waals surface area contributed by atoms with E-state index in [0.717, 1.165) is 6.42 Å². The van der Waals surface area contributed by atoms with Gasteiger partial charge in [-0.2, -0.15) is 0 Å². The van der Waals surface area contributed by atoms with Gasteiger partial charge in [0.2, 0.25) is 0 Å². The Hall–Kier alpha value is -1.62. The van der Waals surface area contributed by atoms with Gasteiger partial charge in [-0.1, -0.05) is 6.07 Å². The van der Waals surface area contributed by atoms with Crippen molar-refractivity contribution in [3.63, 3.8) is 0 Å². The van der Waals surface area contributed by atoms with Crippen molar-refractivity contribution in [2.45, 2.75) is 32.5 Å². The first-order chi connectivity index (χ1) is 9.47. The highest BCUT2D eigenvalue weighted by atomic mass is 19.1. The molecule has 5 heteroatoms. The fourth-order valence-electron chi connectivity index (χ4n) is 2.43. The summed E-state index contributed by atoms with van der Waals surface area (Å²) < 4.78 is 18.5. The van der Waals surface area contributed by atoms with Gasteiger partial charge in [0.05, 0.1) is 6.10 Å². The molecule has 1 amide bonds. The minimum Gasteiger partial charge on any atom is -0.481 e. The van der Waals surface area contributed by atoms with E-state index in [1.54, 1.807) is 30.9 Å². The third-order valence-corrected chi connectivity index (χ3v) is 3.68. The van der Waals surface area contributed by atoms with Crippen LogP contribution in [0.1, 0.15) is 20.3 Å². The molecule has 1 heterocycles. The largest absolute Gasteiger partial charge is 0.481 e. The Labute approximate surface area is 118 Å². The Morgan fingerprint density at radius 2 is 2.25 bits per heavy atom. The molecule has 20 heavy (non-hydrogen) atoms. The smallest absolute Gasteiger partial charge is 0.263 e. The second-order valence-electron chi connectivity index (χ2n) is 5.29. The van der Waals surface area contributed by atoms with E-state index in [2.05, 4.69) is 0 Å². The van der Waals surface area contributed by atoms with Crippen LogP contribution in [0.2, 0.25) is 0 Å². The zero-order valence-electron chi connectivity index (χ0n) is 11.8. The Bertz CT molecular complexity index is 478. The highest BCUT2D eigenvalue weighted by molar-refractivity contribution is 5.81. The highest BCUT2D eigenvalue weighted by Crippen LogP contribution is 2.21. The first-order valence-corrected chi connectivity index (χ1v) is 6.86. The van der Waals surface area contributed by atoms with E-state index in [9.17, 15) is 14.3 Å². The van der Waals surface area contributed by atoms with E-state index in [1.807, 2.05) is 0 Å². The number of likely N-dealkylation sites (tertiary alicyclic amines) is 1. The van der Waals surface area contributed by atoms with Crippen LogP contribution in [0.15, 0.2) is 24.3 Å². The molecule has 3 unspecified atom stereocenters. The van der Waals surface area contributed by atoms with Gasteiger partial charge in [-0.3, -0.25) is 4.79 Å². The molecule has 0 bridgehead atoms. The van der Waals surface area contributed by atoms with Gasteiger partial charge in [0.25, 0.3) is 5.91 Å². The molecule has 0 aliphatic carbocycles. The number of aliphatic hydroxyl groups excluding tert-OH is 1. The van der Waals surface area contributed by atoms with Gasteiger partial charge in [0.1, 0.15) is 11.6 Å². The molecule has 1 aromatic carbocycles. The van der Waals surface area contributed by atoms with Gasteiger partial charge >= 0.3 is 0 Å². The summed E-state index contributed by atoms with van der Waals surface area (Å²) in [6, 6.07) is 5.75. The number of hydrogen-bond acceptors (Lipinski definition) is 3. The van der Waals surface area contributed by atoms with E-state index in [1.165, 1.54) is 12.1 Å². The zero-order valence-corrected chi connectivity index (χ0v) is 11.8. The molecule has 1 saturated heterocycles. The van der Waals surface area contributed by atoms with Crippen LogP contribution in [0.4, 0.5) is 4.39 Å². The van der Waals surface area contributed by atoms with Crippen molar-refractivity contribution in [1.82, 2.24) is 4.90 Å². The quantitative estimate of drug-likeness (QED) is 0.916. The van der Waals surface area contributed by atoms with Gasteiger partial charge in [0, 0.05) is 25.1 Å². The molecule has 1 fully saturated rings. The number of carbonyl (C=O) groups is 1. The van der Waals surface area contributed by atoms with Crippen molar-refractivity contribution in [2.24, 2.45) is 5.92 Å². The van der Waals surface area contributed by atoms with Crippen LogP contribution in [-0.4, -0.2) is 41.2 Å². The van der Waals surface area contributed by atoms with E-state index in [0.29, 0.717) is 18.8 Å². The number of rotatable bonds is 4. The molecule has 2 rings (SSSR count). The summed E-state index contributed by atoms with van der Waals surface area (Å²) in [5.41, 5.74) is 0. The zero-order chi connectivity index (χ0) is 14.7. The lowest BCUT2D eigenvalue weighted by Crippen LogP contribution is -2.39. The second-order valence-corrected chi connectivity index (χ2v) is 5.29. The van der Waals surface area contributed by atoms with Gasteiger partial charge < -0.3 is 14.7 Å². The molecule has 1 N–H and O–H groups in total. The van der Waals surface area contributed by atoms with Crippen molar-refractivity contribution in [3.05, 3.63) is 30.1 Å². The number of aliphatic hydroxyl groups is 1. The topological polar surface area (TPSA) is 49.8 Å². The van der Waals surface area contributed by atoms with Crippen molar-refractivity contribution in [2.75, 3.05) is 13.1 Å². The first kappa shape index (κ1) is 14.8. The van der Waals surface area contributed by atoms with E-state index in [-0.39, 0.29) is 11.8 Å². The molecule has 0 saturated carbocycles. The van der Waals surface area contributed by atoms with Crippen molar-refractivity contribution >= 4 is 5.91 Å². The number of hydrogen-bond donors (Lipinski definition) is 1. The lowest BCUT2D eigenvalue weighted by atomic mass is 10.0. The maximum absolute atomic E-state index is 13.1. The number of benzene rings is 1. The van der Waals surface area contributed by atoms with E-state index in [4.69, 9.17) is 4.74 Å². The standard InChI is InChI=1S/C15H20FNO3/c1-10(18)12-6-7-17(9-12)15(19)11(2)20-14-5-3-4-13(16)8-14/h3-5,8,10-12,18H,6-7,9H2,1-2H3. The summed E-state index contributed by atoms with van der Waals surface area (Å²) in [7, 11) is 0. The number of nitrogens with zero attached hydrogens (tertiary/aromatic N) is 1. The molecule has 1 aromatic rings. The summed E-state index contributed by atoms with van der Waals surface area (Å²) in [5.74, 6) is -0.0488. The van der Waals surface area contributed by atoms with Gasteiger partial charge in [-0.25, -0.2) is 4.39 Å². The van der Waals surface area contributed by atoms with Crippen LogP contribution in [0.5, 0.6) is 5.75 Å². The third-order valence-electron chi connectivity index (χ3n) is 3.68. The van der Waals surface area contributed by atoms with Crippen LogP contribution in [0.25, 0.3) is 0 Å². The van der Waals surface area contributed by atoms with Gasteiger partial charge in [-0.15, -0.1) is 0 Å². The fourth-order valence-corrected chi connectivity index (χ4v) is 2.43. The summed E-state index contributed by atoms with van der Waals surface area (Å²) in [5, 5.41) is 9.55. The highest BCUT2D eigenvalue weighted by Gasteiger charge is 2.31. The molecule has 110 valence electrons. The average molecular weight is 281 g/mol. The van der Waals surface area contributed by atoms with Crippen molar-refractivity contribution in [1.29, 1.82) is 0 Å². The monoisotopic (exact) mass is 281 g/mol. The van der Waals surface area contributed by atoms with Crippen LogP contribution in [0, 0.1) is 11.7 Å². The summed E-state index contributed by atoms with van der Waals surface area (Å²) in [6.07, 6.45) is -0.271. The minimum atomic E-state index is -0.662. The molecule has 3 atom stereocenters. The van der Waals surface area contributed by atoms with Gasteiger partial charge in [-0.05, 0) is 32.4 Å². The Morgan fingerprint density at radius 1 is 1.50 bits per heavy atom. The van der Waals surface area contributed by atoms with Crippen LogP contribution >= 0.6 is 0 Å². The minimum absolute atomic E-state index is 0.125.